The second-order valence-electron chi connectivity index (χ2n) is 5.26. The second-order valence-corrected chi connectivity index (χ2v) is 6.13. The van der Waals surface area contributed by atoms with Crippen molar-refractivity contribution >= 4 is 27.9 Å². The summed E-state index contributed by atoms with van der Waals surface area (Å²) in [5, 5.41) is 16.7. The highest BCUT2D eigenvalue weighted by Gasteiger charge is 2.28. The van der Waals surface area contributed by atoms with E-state index in [4.69, 9.17) is 0 Å². The lowest BCUT2D eigenvalue weighted by atomic mass is 10.0. The molecule has 0 bridgehead atoms. The smallest absolute Gasteiger partial charge is 0.358 e. The summed E-state index contributed by atoms with van der Waals surface area (Å²) in [5.74, 6) is 0.561. The molecule has 0 aliphatic carbocycles. The molecule has 1 N–H and O–H groups in total. The van der Waals surface area contributed by atoms with Gasteiger partial charge in [0.2, 0.25) is 5.82 Å². The molecule has 7 nitrogen and oxygen atoms in total. The van der Waals surface area contributed by atoms with Crippen molar-refractivity contribution in [2.45, 2.75) is 32.2 Å². The second kappa shape index (κ2) is 5.98. The van der Waals surface area contributed by atoms with Crippen LogP contribution in [0.5, 0.6) is 0 Å². The van der Waals surface area contributed by atoms with E-state index in [1.54, 1.807) is 10.6 Å². The van der Waals surface area contributed by atoms with Gasteiger partial charge in [-0.1, -0.05) is 17.8 Å². The molecule has 2 aromatic heterocycles. The highest BCUT2D eigenvalue weighted by molar-refractivity contribution is 7.15. The molecule has 114 valence electrons. The normalized spacial score (nSPS) is 19.0. The van der Waals surface area contributed by atoms with Gasteiger partial charge in [0.05, 0.1) is 0 Å². The lowest BCUT2D eigenvalue weighted by Gasteiger charge is -2.29. The fourth-order valence-electron chi connectivity index (χ4n) is 2.86. The van der Waals surface area contributed by atoms with E-state index in [0.29, 0.717) is 23.4 Å². The minimum Gasteiger partial charge on any atom is -0.358 e. The van der Waals surface area contributed by atoms with Crippen LogP contribution in [-0.4, -0.2) is 40.0 Å². The number of nitro groups is 1. The topological polar surface area (TPSA) is 75.7 Å². The molecular formula is C13H19N5O2S. The Morgan fingerprint density at radius 2 is 2.48 bits per heavy atom. The Morgan fingerprint density at radius 1 is 1.62 bits per heavy atom. The predicted octanol–water partition coefficient (Wildman–Crippen LogP) is 2.27. The summed E-state index contributed by atoms with van der Waals surface area (Å²) >= 11 is 1.42. The summed E-state index contributed by atoms with van der Waals surface area (Å²) in [6.07, 6.45) is 5.26. The van der Waals surface area contributed by atoms with Gasteiger partial charge in [0.15, 0.2) is 0 Å². The molecule has 0 radical (unpaired) electrons. The Labute approximate surface area is 126 Å². The van der Waals surface area contributed by atoms with E-state index in [-0.39, 0.29) is 10.7 Å². The van der Waals surface area contributed by atoms with Gasteiger partial charge < -0.3 is 20.3 Å². The van der Waals surface area contributed by atoms with Crippen molar-refractivity contribution < 1.29 is 4.92 Å². The summed E-state index contributed by atoms with van der Waals surface area (Å²) in [6.45, 7) is 4.52. The fourth-order valence-corrected chi connectivity index (χ4v) is 3.56. The number of nitrogens with zero attached hydrogens (tertiary/aromatic N) is 4. The van der Waals surface area contributed by atoms with Gasteiger partial charge in [0, 0.05) is 24.5 Å². The summed E-state index contributed by atoms with van der Waals surface area (Å²) in [4.78, 5) is 18.2. The Hall–Kier alpha value is -1.67. The lowest BCUT2D eigenvalue weighted by molar-refractivity contribution is -0.389. The molecule has 21 heavy (non-hydrogen) atoms. The highest BCUT2D eigenvalue weighted by Crippen LogP contribution is 2.31. The summed E-state index contributed by atoms with van der Waals surface area (Å²) in [7, 11) is 0. The van der Waals surface area contributed by atoms with Crippen LogP contribution >= 0.6 is 11.3 Å². The first-order valence-corrected chi connectivity index (χ1v) is 8.17. The number of fused-ring (bicyclic) bond motifs is 1. The van der Waals surface area contributed by atoms with Crippen molar-refractivity contribution in [2.24, 2.45) is 0 Å². The average Bonchev–Trinajstić information content (AvgIpc) is 3.05. The largest absolute Gasteiger partial charge is 0.373 e. The van der Waals surface area contributed by atoms with Crippen LogP contribution in [0.2, 0.25) is 0 Å². The van der Waals surface area contributed by atoms with Crippen LogP contribution in [0.1, 0.15) is 26.2 Å². The number of hydrogen-bond donors (Lipinski definition) is 1. The van der Waals surface area contributed by atoms with Crippen LogP contribution in [0.4, 0.5) is 11.6 Å². The maximum absolute atomic E-state index is 11.4. The molecule has 1 aliphatic rings. The monoisotopic (exact) mass is 309 g/mol. The van der Waals surface area contributed by atoms with Gasteiger partial charge in [0.1, 0.15) is 6.20 Å². The van der Waals surface area contributed by atoms with Crippen LogP contribution < -0.4 is 10.2 Å². The molecule has 0 aromatic carbocycles. The predicted molar refractivity (Wildman–Crippen MR) is 83.3 cm³/mol. The molecule has 1 unspecified atom stereocenters. The number of nitrogens with one attached hydrogen (secondary N) is 1. The van der Waals surface area contributed by atoms with Crippen molar-refractivity contribution in [3.8, 4) is 0 Å². The van der Waals surface area contributed by atoms with Gasteiger partial charge in [-0.05, 0) is 31.2 Å². The van der Waals surface area contributed by atoms with Crippen molar-refractivity contribution in [3.63, 3.8) is 0 Å². The van der Waals surface area contributed by atoms with Gasteiger partial charge >= 0.3 is 5.82 Å². The minimum atomic E-state index is -0.334. The standard InChI is InChI=1S/C13H19N5O2S/c1-2-16(9-10-5-3-4-6-14-10)11-12(18(19)20)17-7-8-21-13(17)15-11/h7-8,10,14H,2-6,9H2,1H3. The maximum Gasteiger partial charge on any atom is 0.373 e. The van der Waals surface area contributed by atoms with Crippen LogP contribution in [-0.2, 0) is 0 Å². The van der Waals surface area contributed by atoms with Gasteiger partial charge in [-0.3, -0.25) is 0 Å². The van der Waals surface area contributed by atoms with Gasteiger partial charge in [-0.25, -0.2) is 0 Å². The van der Waals surface area contributed by atoms with E-state index in [9.17, 15) is 10.1 Å². The van der Waals surface area contributed by atoms with Gasteiger partial charge in [-0.2, -0.15) is 9.38 Å². The number of anilines is 1. The molecule has 1 atom stereocenters. The minimum absolute atomic E-state index is 0.0731. The van der Waals surface area contributed by atoms with Gasteiger partial charge in [0.25, 0.3) is 4.96 Å². The highest BCUT2D eigenvalue weighted by atomic mass is 32.1. The molecule has 3 rings (SSSR count). The van der Waals surface area contributed by atoms with Crippen molar-refractivity contribution in [1.29, 1.82) is 0 Å². The Bertz CT molecular complexity index is 632. The summed E-state index contributed by atoms with van der Waals surface area (Å²) in [5.41, 5.74) is 0. The van der Waals surface area contributed by atoms with Crippen molar-refractivity contribution in [3.05, 3.63) is 21.7 Å². The Morgan fingerprint density at radius 3 is 3.14 bits per heavy atom. The number of thiazole rings is 1. The van der Waals surface area contributed by atoms with E-state index in [2.05, 4.69) is 10.3 Å². The van der Waals surface area contributed by atoms with E-state index in [0.717, 1.165) is 19.5 Å². The van der Waals surface area contributed by atoms with E-state index in [1.807, 2.05) is 17.2 Å². The quantitative estimate of drug-likeness (QED) is 0.677. The van der Waals surface area contributed by atoms with Crippen molar-refractivity contribution in [1.82, 2.24) is 14.7 Å². The molecule has 3 heterocycles. The zero-order chi connectivity index (χ0) is 14.8. The molecule has 2 aromatic rings. The van der Waals surface area contributed by atoms with Crippen molar-refractivity contribution in [2.75, 3.05) is 24.5 Å². The van der Waals surface area contributed by atoms with Crippen LogP contribution in [0.25, 0.3) is 4.96 Å². The SMILES string of the molecule is CCN(CC1CCCCN1)c1nc2sccn2c1[N+](=O)[O-]. The number of piperidine rings is 1. The number of hydrogen-bond acceptors (Lipinski definition) is 6. The molecular weight excluding hydrogens is 290 g/mol. The first-order chi connectivity index (χ1) is 10.2. The molecule has 0 spiro atoms. The number of aromatic nitrogens is 2. The zero-order valence-electron chi connectivity index (χ0n) is 12.0. The summed E-state index contributed by atoms with van der Waals surface area (Å²) in [6, 6.07) is 0.387. The third-order valence-electron chi connectivity index (χ3n) is 3.93. The molecule has 8 heteroatoms. The van der Waals surface area contributed by atoms with E-state index in [1.165, 1.54) is 24.2 Å². The molecule has 0 saturated carbocycles. The van der Waals surface area contributed by atoms with Gasteiger partial charge in [-0.15, -0.1) is 0 Å². The molecule has 1 fully saturated rings. The Balaban J connectivity index is 1.90. The first kappa shape index (κ1) is 14.3. The third-order valence-corrected chi connectivity index (χ3v) is 4.68. The van der Waals surface area contributed by atoms with Crippen LogP contribution in [0.15, 0.2) is 11.6 Å². The fraction of sp³-hybridized carbons (Fsp3) is 0.615. The number of rotatable bonds is 5. The van der Waals surface area contributed by atoms with E-state index >= 15 is 0 Å². The first-order valence-electron chi connectivity index (χ1n) is 7.29. The molecule has 1 saturated heterocycles. The van der Waals surface area contributed by atoms with Crippen LogP contribution in [0.3, 0.4) is 0 Å². The lowest BCUT2D eigenvalue weighted by Crippen LogP contribution is -2.44. The third kappa shape index (κ3) is 2.73. The average molecular weight is 309 g/mol. The Kier molecular flexibility index (Phi) is 4.07. The molecule has 1 aliphatic heterocycles. The number of imidazole rings is 1. The number of likely N-dealkylation sites (N-methyl/N-ethyl adjacent to an activating group) is 1. The maximum atomic E-state index is 11.4. The zero-order valence-corrected chi connectivity index (χ0v) is 12.8. The van der Waals surface area contributed by atoms with E-state index < -0.39 is 0 Å². The van der Waals surface area contributed by atoms with Crippen LogP contribution in [0, 0.1) is 10.1 Å². The summed E-state index contributed by atoms with van der Waals surface area (Å²) < 4.78 is 1.57. The molecule has 0 amide bonds.